The topological polar surface area (TPSA) is 13.1 Å². The van der Waals surface area contributed by atoms with Crippen molar-refractivity contribution in [3.05, 3.63) is 24.1 Å². The molecule has 1 aromatic heterocycles. The SMILES string of the molecule is C=CCOc1ccs[n+]1C. The Morgan fingerprint density at radius 3 is 3.20 bits per heavy atom. The van der Waals surface area contributed by atoms with Crippen LogP contribution < -0.4 is 8.69 Å². The number of nitrogens with zero attached hydrogens (tertiary/aromatic N) is 1. The first-order valence-corrected chi connectivity index (χ1v) is 3.86. The van der Waals surface area contributed by atoms with Crippen molar-refractivity contribution < 1.29 is 8.69 Å². The van der Waals surface area contributed by atoms with Gasteiger partial charge in [-0.05, 0) is 0 Å². The number of aryl methyl sites for hydroxylation is 1. The minimum absolute atomic E-state index is 0.574. The van der Waals surface area contributed by atoms with Gasteiger partial charge >= 0.3 is 5.88 Å². The van der Waals surface area contributed by atoms with Crippen molar-refractivity contribution in [2.24, 2.45) is 7.05 Å². The first kappa shape index (κ1) is 7.28. The van der Waals surface area contributed by atoms with E-state index >= 15 is 0 Å². The average molecular weight is 156 g/mol. The van der Waals surface area contributed by atoms with Crippen LogP contribution in [0.5, 0.6) is 5.88 Å². The summed E-state index contributed by atoms with van der Waals surface area (Å²) in [5, 5.41) is 1.98. The number of hydrogen-bond donors (Lipinski definition) is 0. The van der Waals surface area contributed by atoms with Crippen LogP contribution in [0.25, 0.3) is 0 Å². The van der Waals surface area contributed by atoms with E-state index in [0.717, 1.165) is 5.88 Å². The highest BCUT2D eigenvalue weighted by Crippen LogP contribution is 2.04. The molecule has 0 radical (unpaired) electrons. The molecule has 0 amide bonds. The molecule has 0 fully saturated rings. The third-order valence-electron chi connectivity index (χ3n) is 1.09. The van der Waals surface area contributed by atoms with Gasteiger partial charge in [-0.1, -0.05) is 12.7 Å². The molecule has 0 bridgehead atoms. The molecule has 0 saturated carbocycles. The van der Waals surface area contributed by atoms with Gasteiger partial charge in [-0.25, -0.2) is 0 Å². The second-order valence-electron chi connectivity index (χ2n) is 1.84. The normalized spacial score (nSPS) is 9.30. The Morgan fingerprint density at radius 2 is 2.70 bits per heavy atom. The monoisotopic (exact) mass is 156 g/mol. The van der Waals surface area contributed by atoms with Crippen molar-refractivity contribution in [1.29, 1.82) is 0 Å². The van der Waals surface area contributed by atoms with Crippen molar-refractivity contribution in [3.8, 4) is 5.88 Å². The molecule has 10 heavy (non-hydrogen) atoms. The molecule has 54 valence electrons. The van der Waals surface area contributed by atoms with Gasteiger partial charge in [-0.2, -0.15) is 0 Å². The summed E-state index contributed by atoms with van der Waals surface area (Å²) < 4.78 is 7.24. The summed E-state index contributed by atoms with van der Waals surface area (Å²) in [4.78, 5) is 0. The maximum Gasteiger partial charge on any atom is 0.382 e. The quantitative estimate of drug-likeness (QED) is 0.472. The highest BCUT2D eigenvalue weighted by molar-refractivity contribution is 6.99. The summed E-state index contributed by atoms with van der Waals surface area (Å²) in [6.45, 7) is 4.13. The lowest BCUT2D eigenvalue weighted by molar-refractivity contribution is -0.607. The lowest BCUT2D eigenvalue weighted by atomic mass is 10.6. The van der Waals surface area contributed by atoms with E-state index in [1.165, 1.54) is 0 Å². The Balaban J connectivity index is 2.56. The first-order chi connectivity index (χ1) is 4.84. The second-order valence-corrected chi connectivity index (χ2v) is 2.87. The van der Waals surface area contributed by atoms with Crippen LogP contribution in [0.2, 0.25) is 0 Å². The molecule has 2 nitrogen and oxygen atoms in total. The molecule has 0 N–H and O–H groups in total. The van der Waals surface area contributed by atoms with Crippen LogP contribution in [-0.4, -0.2) is 6.61 Å². The predicted molar refractivity (Wildman–Crippen MR) is 41.2 cm³/mol. The van der Waals surface area contributed by atoms with Crippen LogP contribution in [0, 0.1) is 0 Å². The summed E-state index contributed by atoms with van der Waals surface area (Å²) in [7, 11) is 1.96. The van der Waals surface area contributed by atoms with Crippen molar-refractivity contribution in [2.45, 2.75) is 0 Å². The first-order valence-electron chi connectivity index (χ1n) is 3.02. The van der Waals surface area contributed by atoms with Crippen LogP contribution in [-0.2, 0) is 7.05 Å². The summed E-state index contributed by atoms with van der Waals surface area (Å²) in [6.07, 6.45) is 1.73. The highest BCUT2D eigenvalue weighted by atomic mass is 32.1. The second kappa shape index (κ2) is 3.37. The molecule has 1 aromatic rings. The molecule has 0 atom stereocenters. The van der Waals surface area contributed by atoms with Gasteiger partial charge < -0.3 is 4.74 Å². The summed E-state index contributed by atoms with van der Waals surface area (Å²) in [5.74, 6) is 0.893. The maximum absolute atomic E-state index is 5.28. The van der Waals surface area contributed by atoms with E-state index in [1.54, 1.807) is 17.6 Å². The Morgan fingerprint density at radius 1 is 1.90 bits per heavy atom. The van der Waals surface area contributed by atoms with Crippen LogP contribution in [0.1, 0.15) is 0 Å². The molecule has 0 saturated heterocycles. The van der Waals surface area contributed by atoms with Crippen LogP contribution >= 0.6 is 11.5 Å². The lowest BCUT2D eigenvalue weighted by Crippen LogP contribution is -2.24. The van der Waals surface area contributed by atoms with Crippen molar-refractivity contribution in [3.63, 3.8) is 0 Å². The Labute approximate surface area is 64.5 Å². The van der Waals surface area contributed by atoms with E-state index in [4.69, 9.17) is 4.74 Å². The molecule has 1 rings (SSSR count). The third kappa shape index (κ3) is 1.57. The molecule has 3 heteroatoms. The van der Waals surface area contributed by atoms with Gasteiger partial charge in [0.1, 0.15) is 18.1 Å². The molecule has 0 unspecified atom stereocenters. The number of hydrogen-bond acceptors (Lipinski definition) is 2. The Hall–Kier alpha value is -0.830. The molecule has 0 aliphatic rings. The average Bonchev–Trinajstić information content (AvgIpc) is 2.31. The molecule has 0 aliphatic heterocycles. The summed E-state index contributed by atoms with van der Waals surface area (Å²) in [6, 6.07) is 1.94. The lowest BCUT2D eigenvalue weighted by Gasteiger charge is -1.92. The Kier molecular flexibility index (Phi) is 2.45. The smallest absolute Gasteiger partial charge is 0.382 e. The van der Waals surface area contributed by atoms with E-state index in [1.807, 2.05) is 22.5 Å². The fraction of sp³-hybridized carbons (Fsp3) is 0.286. The standard InChI is InChI=1S/C7H10NOS/c1-3-5-9-7-4-6-10-8(7)2/h3-4,6H,1,5H2,2H3/q+1. The van der Waals surface area contributed by atoms with Gasteiger partial charge in [0.2, 0.25) is 0 Å². The molecule has 0 aliphatic carbocycles. The van der Waals surface area contributed by atoms with E-state index in [-0.39, 0.29) is 0 Å². The fourth-order valence-corrected chi connectivity index (χ4v) is 1.20. The zero-order valence-corrected chi connectivity index (χ0v) is 6.73. The number of rotatable bonds is 3. The highest BCUT2D eigenvalue weighted by Gasteiger charge is 2.06. The van der Waals surface area contributed by atoms with E-state index in [9.17, 15) is 0 Å². The molecule has 0 aromatic carbocycles. The molecule has 0 spiro atoms. The molecule has 1 heterocycles. The largest absolute Gasteiger partial charge is 0.439 e. The van der Waals surface area contributed by atoms with Gasteiger partial charge in [-0.15, -0.1) is 3.96 Å². The van der Waals surface area contributed by atoms with Crippen molar-refractivity contribution in [2.75, 3.05) is 6.61 Å². The van der Waals surface area contributed by atoms with Gasteiger partial charge in [0, 0.05) is 0 Å². The van der Waals surface area contributed by atoms with Crippen molar-refractivity contribution >= 4 is 11.5 Å². The van der Waals surface area contributed by atoms with Crippen LogP contribution in [0.15, 0.2) is 24.1 Å². The molecular formula is C7H10NOS+. The third-order valence-corrected chi connectivity index (χ3v) is 1.84. The Bertz CT molecular complexity index is 219. The number of aromatic nitrogens is 1. The van der Waals surface area contributed by atoms with Gasteiger partial charge in [0.15, 0.2) is 7.05 Å². The van der Waals surface area contributed by atoms with Gasteiger partial charge in [0.05, 0.1) is 11.4 Å². The van der Waals surface area contributed by atoms with E-state index < -0.39 is 0 Å². The molecular weight excluding hydrogens is 146 g/mol. The van der Waals surface area contributed by atoms with Gasteiger partial charge in [0.25, 0.3) is 0 Å². The fourth-order valence-electron chi connectivity index (χ4n) is 0.620. The minimum Gasteiger partial charge on any atom is -0.439 e. The minimum atomic E-state index is 0.574. The van der Waals surface area contributed by atoms with Gasteiger partial charge in [-0.3, -0.25) is 0 Å². The van der Waals surface area contributed by atoms with Crippen LogP contribution in [0.3, 0.4) is 0 Å². The predicted octanol–water partition coefficient (Wildman–Crippen LogP) is 1.14. The zero-order valence-electron chi connectivity index (χ0n) is 5.91. The van der Waals surface area contributed by atoms with Crippen molar-refractivity contribution in [1.82, 2.24) is 0 Å². The maximum atomic E-state index is 5.28. The van der Waals surface area contributed by atoms with E-state index in [2.05, 4.69) is 6.58 Å². The summed E-state index contributed by atoms with van der Waals surface area (Å²) >= 11 is 1.61. The van der Waals surface area contributed by atoms with E-state index in [0.29, 0.717) is 6.61 Å². The number of ether oxygens (including phenoxy) is 1. The van der Waals surface area contributed by atoms with Crippen LogP contribution in [0.4, 0.5) is 0 Å². The zero-order chi connectivity index (χ0) is 7.40. The summed E-state index contributed by atoms with van der Waals surface area (Å²) in [5.41, 5.74) is 0.